The van der Waals surface area contributed by atoms with E-state index >= 15 is 0 Å². The first kappa shape index (κ1) is 24.6. The lowest BCUT2D eigenvalue weighted by Gasteiger charge is -2.32. The number of carbonyl (C=O) groups excluding carboxylic acids is 1. The van der Waals surface area contributed by atoms with Gasteiger partial charge in [0.25, 0.3) is 0 Å². The number of rotatable bonds is 9. The number of nitrogens with zero attached hydrogens (tertiary/aromatic N) is 2. The third-order valence-electron chi connectivity index (χ3n) is 6.37. The second kappa shape index (κ2) is 11.7. The number of hydrogen-bond donors (Lipinski definition) is 2. The predicted molar refractivity (Wildman–Crippen MR) is 140 cm³/mol. The van der Waals surface area contributed by atoms with Crippen molar-refractivity contribution >= 4 is 46.2 Å². The second-order valence-corrected chi connectivity index (χ2v) is 9.56. The molecule has 0 spiro atoms. The van der Waals surface area contributed by atoms with Gasteiger partial charge in [0.15, 0.2) is 0 Å². The highest BCUT2D eigenvalue weighted by Gasteiger charge is 2.23. The minimum absolute atomic E-state index is 0.00601. The van der Waals surface area contributed by atoms with E-state index in [1.807, 2.05) is 34.9 Å². The average molecular weight is 501 g/mol. The zero-order chi connectivity index (χ0) is 23.9. The number of H-pyrrole nitrogens is 1. The Kier molecular flexibility index (Phi) is 8.48. The van der Waals surface area contributed by atoms with Gasteiger partial charge in [-0.1, -0.05) is 47.8 Å². The van der Waals surface area contributed by atoms with Gasteiger partial charge in [0.1, 0.15) is 0 Å². The van der Waals surface area contributed by atoms with Gasteiger partial charge < -0.3 is 15.2 Å². The van der Waals surface area contributed by atoms with E-state index < -0.39 is 0 Å². The summed E-state index contributed by atoms with van der Waals surface area (Å²) in [5.74, 6) is -0.110. The molecule has 2 aromatic carbocycles. The first-order valence-corrected chi connectivity index (χ1v) is 12.6. The summed E-state index contributed by atoms with van der Waals surface area (Å²) in [5, 5.41) is 3.90. The molecule has 4 rings (SSSR count). The molecule has 1 aromatic heterocycles. The van der Waals surface area contributed by atoms with Crippen molar-refractivity contribution in [3.05, 3.63) is 74.6 Å². The van der Waals surface area contributed by atoms with Gasteiger partial charge in [-0.3, -0.25) is 9.36 Å². The number of amides is 1. The average Bonchev–Trinajstić information content (AvgIpc) is 3.18. The molecule has 180 valence electrons. The molecule has 2 N–H and O–H groups in total. The van der Waals surface area contributed by atoms with E-state index in [-0.39, 0.29) is 17.6 Å². The third-order valence-corrected chi connectivity index (χ3v) is 7.11. The Balaban J connectivity index is 1.11. The van der Waals surface area contributed by atoms with Gasteiger partial charge in [-0.2, -0.15) is 0 Å². The number of unbranched alkanes of at least 4 members (excludes halogenated alkanes) is 2. The van der Waals surface area contributed by atoms with Gasteiger partial charge in [0.05, 0.1) is 21.1 Å². The largest absolute Gasteiger partial charge is 0.353 e. The summed E-state index contributed by atoms with van der Waals surface area (Å²) in [6, 6.07) is 13.4. The Morgan fingerprint density at radius 1 is 1.06 bits per heavy atom. The van der Waals surface area contributed by atoms with Crippen LogP contribution in [0.1, 0.15) is 43.7 Å². The Bertz CT molecular complexity index is 1210. The third kappa shape index (κ3) is 6.32. The summed E-state index contributed by atoms with van der Waals surface area (Å²) < 4.78 is 1.94. The van der Waals surface area contributed by atoms with Crippen molar-refractivity contribution in [2.24, 2.45) is 0 Å². The number of benzene rings is 2. The molecule has 0 radical (unpaired) electrons. The molecule has 0 atom stereocenters. The summed E-state index contributed by atoms with van der Waals surface area (Å²) in [7, 11) is 0. The molecule has 0 bridgehead atoms. The van der Waals surface area contributed by atoms with Crippen molar-refractivity contribution in [2.45, 2.75) is 38.1 Å². The highest BCUT2D eigenvalue weighted by Crippen LogP contribution is 2.25. The summed E-state index contributed by atoms with van der Waals surface area (Å²) >= 11 is 11.9. The van der Waals surface area contributed by atoms with Crippen LogP contribution in [-0.4, -0.2) is 46.5 Å². The maximum absolute atomic E-state index is 12.4. The van der Waals surface area contributed by atoms with Crippen LogP contribution in [-0.2, 0) is 4.79 Å². The standard InChI is InChI=1S/C26H30Cl2N4O2/c27-21-10-8-19(18-22(21)28)9-11-25(33)29-14-4-1-5-15-31-16-12-20(13-17-31)32-24-7-3-2-6-23(24)30-26(32)34/h2-3,6-11,18,20H,1,4-5,12-17H2,(H,29,33)(H,30,34)/b11-9+. The van der Waals surface area contributed by atoms with E-state index in [2.05, 4.69) is 15.2 Å². The van der Waals surface area contributed by atoms with E-state index in [0.717, 1.165) is 68.3 Å². The monoisotopic (exact) mass is 500 g/mol. The topological polar surface area (TPSA) is 70.1 Å². The van der Waals surface area contributed by atoms with E-state index in [9.17, 15) is 9.59 Å². The lowest BCUT2D eigenvalue weighted by Crippen LogP contribution is -2.37. The minimum atomic E-state index is -0.110. The Hall–Kier alpha value is -2.54. The summed E-state index contributed by atoms with van der Waals surface area (Å²) in [4.78, 5) is 29.9. The van der Waals surface area contributed by atoms with Crippen LogP contribution in [0, 0.1) is 0 Å². The Morgan fingerprint density at radius 3 is 2.65 bits per heavy atom. The highest BCUT2D eigenvalue weighted by molar-refractivity contribution is 6.42. The molecule has 0 aliphatic carbocycles. The van der Waals surface area contributed by atoms with Crippen molar-refractivity contribution in [3.63, 3.8) is 0 Å². The van der Waals surface area contributed by atoms with Crippen LogP contribution in [0.3, 0.4) is 0 Å². The maximum atomic E-state index is 12.4. The number of fused-ring (bicyclic) bond motifs is 1. The first-order chi connectivity index (χ1) is 16.5. The molecule has 1 aliphatic rings. The van der Waals surface area contributed by atoms with Crippen LogP contribution >= 0.6 is 23.2 Å². The zero-order valence-electron chi connectivity index (χ0n) is 19.1. The van der Waals surface area contributed by atoms with Crippen molar-refractivity contribution in [1.82, 2.24) is 19.8 Å². The number of halogens is 2. The normalized spacial score (nSPS) is 15.4. The fourth-order valence-electron chi connectivity index (χ4n) is 4.53. The highest BCUT2D eigenvalue weighted by atomic mass is 35.5. The Labute approximate surface area is 209 Å². The Morgan fingerprint density at radius 2 is 1.85 bits per heavy atom. The number of likely N-dealkylation sites (tertiary alicyclic amines) is 1. The summed E-state index contributed by atoms with van der Waals surface area (Å²) in [5.41, 5.74) is 2.74. The van der Waals surface area contributed by atoms with Crippen molar-refractivity contribution in [3.8, 4) is 0 Å². The summed E-state index contributed by atoms with van der Waals surface area (Å²) in [6.45, 7) is 3.73. The SMILES string of the molecule is O=C(/C=C/c1ccc(Cl)c(Cl)c1)NCCCCCN1CCC(n2c(=O)[nH]c3ccccc32)CC1. The van der Waals surface area contributed by atoms with E-state index in [4.69, 9.17) is 23.2 Å². The molecule has 8 heteroatoms. The van der Waals surface area contributed by atoms with Gasteiger partial charge in [-0.25, -0.2) is 4.79 Å². The lowest BCUT2D eigenvalue weighted by molar-refractivity contribution is -0.116. The maximum Gasteiger partial charge on any atom is 0.326 e. The fourth-order valence-corrected chi connectivity index (χ4v) is 4.84. The number of carbonyl (C=O) groups is 1. The quantitative estimate of drug-likeness (QED) is 0.310. The molecule has 34 heavy (non-hydrogen) atoms. The first-order valence-electron chi connectivity index (χ1n) is 11.8. The van der Waals surface area contributed by atoms with Crippen LogP contribution in [0.4, 0.5) is 0 Å². The number of nitrogens with one attached hydrogen (secondary N) is 2. The molecule has 6 nitrogen and oxygen atoms in total. The van der Waals surface area contributed by atoms with E-state index in [1.54, 1.807) is 18.2 Å². The van der Waals surface area contributed by atoms with Gasteiger partial charge in [0.2, 0.25) is 5.91 Å². The minimum Gasteiger partial charge on any atom is -0.353 e. The van der Waals surface area contributed by atoms with Crippen LogP contribution < -0.4 is 11.0 Å². The molecule has 1 aliphatic heterocycles. The van der Waals surface area contributed by atoms with Crippen LogP contribution in [0.2, 0.25) is 10.0 Å². The molecular weight excluding hydrogens is 471 g/mol. The lowest BCUT2D eigenvalue weighted by atomic mass is 10.0. The predicted octanol–water partition coefficient (Wildman–Crippen LogP) is 5.27. The van der Waals surface area contributed by atoms with Gasteiger partial charge in [-0.15, -0.1) is 0 Å². The van der Waals surface area contributed by atoms with Crippen molar-refractivity contribution < 1.29 is 4.79 Å². The number of hydrogen-bond acceptors (Lipinski definition) is 3. The van der Waals surface area contributed by atoms with Crippen molar-refractivity contribution in [1.29, 1.82) is 0 Å². The van der Waals surface area contributed by atoms with Crippen molar-refractivity contribution in [2.75, 3.05) is 26.2 Å². The van der Waals surface area contributed by atoms with Gasteiger partial charge >= 0.3 is 5.69 Å². The number of piperidine rings is 1. The molecular formula is C26H30Cl2N4O2. The smallest absolute Gasteiger partial charge is 0.326 e. The number of imidazole rings is 1. The second-order valence-electron chi connectivity index (χ2n) is 8.75. The molecule has 0 unspecified atom stereocenters. The van der Waals surface area contributed by atoms with E-state index in [0.29, 0.717) is 16.6 Å². The number of aromatic amines is 1. The molecule has 1 saturated heterocycles. The molecule has 2 heterocycles. The van der Waals surface area contributed by atoms with E-state index in [1.165, 1.54) is 6.08 Å². The van der Waals surface area contributed by atoms with Gasteiger partial charge in [0, 0.05) is 31.8 Å². The van der Waals surface area contributed by atoms with Crippen LogP contribution in [0.15, 0.2) is 53.3 Å². The van der Waals surface area contributed by atoms with Crippen LogP contribution in [0.25, 0.3) is 17.1 Å². The molecule has 1 amide bonds. The summed E-state index contributed by atoms with van der Waals surface area (Å²) in [6.07, 6.45) is 8.35. The van der Waals surface area contributed by atoms with Crippen LogP contribution in [0.5, 0.6) is 0 Å². The fraction of sp³-hybridized carbons (Fsp3) is 0.385. The van der Waals surface area contributed by atoms with Gasteiger partial charge in [-0.05, 0) is 68.1 Å². The molecule has 1 fully saturated rings. The molecule has 3 aromatic rings. The molecule has 0 saturated carbocycles. The zero-order valence-corrected chi connectivity index (χ0v) is 20.6. The number of para-hydroxylation sites is 2. The number of aromatic nitrogens is 2.